The monoisotopic (exact) mass is 287 g/mol. The number of aliphatic hydroxyl groups is 1. The molecule has 1 atom stereocenters. The highest BCUT2D eigenvalue weighted by atomic mass is 19.4. The van der Waals surface area contributed by atoms with Gasteiger partial charge in [-0.2, -0.15) is 13.2 Å². The van der Waals surface area contributed by atoms with Gasteiger partial charge in [-0.3, -0.25) is 0 Å². The zero-order valence-electron chi connectivity index (χ0n) is 10.7. The Balaban J connectivity index is 2.56. The largest absolute Gasteiger partial charge is 0.467 e. The smallest absolute Gasteiger partial charge is 0.416 e. The molecule has 0 fully saturated rings. The second kappa shape index (κ2) is 4.82. The van der Waals surface area contributed by atoms with Crippen LogP contribution in [0, 0.1) is 0 Å². The summed E-state index contributed by atoms with van der Waals surface area (Å²) in [5, 5.41) is 10.3. The molecular formula is C13H12F3NO3. The van der Waals surface area contributed by atoms with Crippen molar-refractivity contribution in [2.75, 3.05) is 7.11 Å². The highest BCUT2D eigenvalue weighted by molar-refractivity contribution is 5.85. The van der Waals surface area contributed by atoms with Gasteiger partial charge in [0.25, 0.3) is 0 Å². The SMILES string of the molecule is COC(=O)C(O)c1cc2ccc(C(F)(F)F)cc2n1C. The van der Waals surface area contributed by atoms with Gasteiger partial charge in [0, 0.05) is 12.6 Å². The fourth-order valence-electron chi connectivity index (χ4n) is 2.02. The number of nitrogens with zero attached hydrogens (tertiary/aromatic N) is 1. The van der Waals surface area contributed by atoms with Gasteiger partial charge in [0.2, 0.25) is 0 Å². The average Bonchev–Trinajstić information content (AvgIpc) is 2.73. The van der Waals surface area contributed by atoms with E-state index in [0.29, 0.717) is 5.39 Å². The van der Waals surface area contributed by atoms with Crippen LogP contribution < -0.4 is 0 Å². The number of carbonyl (C=O) groups is 1. The van der Waals surface area contributed by atoms with E-state index in [0.717, 1.165) is 19.2 Å². The van der Waals surface area contributed by atoms with E-state index in [2.05, 4.69) is 4.74 Å². The topological polar surface area (TPSA) is 51.5 Å². The van der Waals surface area contributed by atoms with E-state index in [-0.39, 0.29) is 11.2 Å². The van der Waals surface area contributed by atoms with Crippen LogP contribution >= 0.6 is 0 Å². The number of fused-ring (bicyclic) bond motifs is 1. The molecule has 0 saturated carbocycles. The minimum absolute atomic E-state index is 0.172. The molecule has 1 aromatic carbocycles. The number of aromatic nitrogens is 1. The third-order valence-corrected chi connectivity index (χ3v) is 3.11. The highest BCUT2D eigenvalue weighted by Crippen LogP contribution is 2.33. The van der Waals surface area contributed by atoms with Gasteiger partial charge in [-0.1, -0.05) is 6.07 Å². The van der Waals surface area contributed by atoms with Crippen LogP contribution in [-0.4, -0.2) is 22.8 Å². The first-order valence-corrected chi connectivity index (χ1v) is 5.68. The number of halogens is 3. The Morgan fingerprint density at radius 3 is 2.55 bits per heavy atom. The molecule has 4 nitrogen and oxygen atoms in total. The van der Waals surface area contributed by atoms with Crippen molar-refractivity contribution >= 4 is 16.9 Å². The van der Waals surface area contributed by atoms with Gasteiger partial charge in [-0.25, -0.2) is 4.79 Å². The molecule has 0 saturated heterocycles. The second-order valence-corrected chi connectivity index (χ2v) is 4.33. The molecule has 0 aliphatic rings. The zero-order chi connectivity index (χ0) is 15.1. The number of aryl methyl sites for hydroxylation is 1. The number of benzene rings is 1. The quantitative estimate of drug-likeness (QED) is 0.863. The van der Waals surface area contributed by atoms with Crippen LogP contribution in [0.2, 0.25) is 0 Å². The summed E-state index contributed by atoms with van der Waals surface area (Å²) in [5.41, 5.74) is -0.339. The highest BCUT2D eigenvalue weighted by Gasteiger charge is 2.31. The Bertz CT molecular complexity index is 661. The lowest BCUT2D eigenvalue weighted by Gasteiger charge is -2.10. The van der Waals surface area contributed by atoms with Crippen LogP contribution in [0.25, 0.3) is 10.9 Å². The first kappa shape index (κ1) is 14.4. The standard InChI is InChI=1S/C13H12F3NO3/c1-17-9-6-8(13(14,15)16)4-3-7(9)5-10(17)11(18)12(19)20-2/h3-6,11,18H,1-2H3. The van der Waals surface area contributed by atoms with Crippen molar-refractivity contribution in [3.63, 3.8) is 0 Å². The number of esters is 1. The number of hydrogen-bond donors (Lipinski definition) is 1. The maximum atomic E-state index is 12.7. The fourth-order valence-corrected chi connectivity index (χ4v) is 2.02. The zero-order valence-corrected chi connectivity index (χ0v) is 10.7. The van der Waals surface area contributed by atoms with Gasteiger partial charge in [-0.05, 0) is 23.6 Å². The lowest BCUT2D eigenvalue weighted by molar-refractivity contribution is -0.151. The molecule has 7 heteroatoms. The van der Waals surface area contributed by atoms with Crippen LogP contribution in [0.1, 0.15) is 17.4 Å². The molecule has 20 heavy (non-hydrogen) atoms. The van der Waals surface area contributed by atoms with E-state index < -0.39 is 23.8 Å². The summed E-state index contributed by atoms with van der Waals surface area (Å²) < 4.78 is 43.7. The molecule has 2 rings (SSSR count). The number of hydrogen-bond acceptors (Lipinski definition) is 3. The predicted molar refractivity (Wildman–Crippen MR) is 64.9 cm³/mol. The van der Waals surface area contributed by atoms with E-state index >= 15 is 0 Å². The summed E-state index contributed by atoms with van der Waals surface area (Å²) in [7, 11) is 2.60. The minimum Gasteiger partial charge on any atom is -0.467 e. The molecular weight excluding hydrogens is 275 g/mol. The summed E-state index contributed by atoms with van der Waals surface area (Å²) in [5.74, 6) is -0.869. The Kier molecular flexibility index (Phi) is 3.47. The van der Waals surface area contributed by atoms with Crippen LogP contribution in [0.3, 0.4) is 0 Å². The van der Waals surface area contributed by atoms with Gasteiger partial charge >= 0.3 is 12.1 Å². The van der Waals surface area contributed by atoms with Crippen molar-refractivity contribution in [2.24, 2.45) is 7.05 Å². The minimum atomic E-state index is -4.44. The molecule has 2 aromatic rings. The number of alkyl halides is 3. The van der Waals surface area contributed by atoms with E-state index in [4.69, 9.17) is 0 Å². The Labute approximate surface area is 112 Å². The van der Waals surface area contributed by atoms with Crippen LogP contribution in [0.15, 0.2) is 24.3 Å². The molecule has 0 bridgehead atoms. The third kappa shape index (κ3) is 2.36. The van der Waals surface area contributed by atoms with Gasteiger partial charge in [-0.15, -0.1) is 0 Å². The maximum absolute atomic E-state index is 12.7. The number of ether oxygens (including phenoxy) is 1. The fraction of sp³-hybridized carbons (Fsp3) is 0.308. The van der Waals surface area contributed by atoms with Gasteiger partial charge in [0.05, 0.1) is 18.4 Å². The lowest BCUT2D eigenvalue weighted by atomic mass is 10.1. The predicted octanol–water partition coefficient (Wildman–Crippen LogP) is 2.40. The summed E-state index contributed by atoms with van der Waals surface area (Å²) in [4.78, 5) is 11.3. The Hall–Kier alpha value is -2.02. The van der Waals surface area contributed by atoms with Gasteiger partial charge in [0.15, 0.2) is 6.10 Å². The van der Waals surface area contributed by atoms with Crippen molar-refractivity contribution in [3.8, 4) is 0 Å². The first-order chi connectivity index (χ1) is 9.25. The molecule has 0 aliphatic heterocycles. The van der Waals surface area contributed by atoms with Gasteiger partial charge < -0.3 is 14.4 Å². The molecule has 108 valence electrons. The van der Waals surface area contributed by atoms with E-state index in [1.807, 2.05) is 0 Å². The summed E-state index contributed by atoms with van der Waals surface area (Å²) in [6.07, 6.45) is -5.98. The molecule has 1 heterocycles. The maximum Gasteiger partial charge on any atom is 0.416 e. The van der Waals surface area contributed by atoms with Crippen LogP contribution in [0.5, 0.6) is 0 Å². The summed E-state index contributed by atoms with van der Waals surface area (Å²) >= 11 is 0. The van der Waals surface area contributed by atoms with Crippen molar-refractivity contribution in [1.82, 2.24) is 4.57 Å². The van der Waals surface area contributed by atoms with E-state index in [9.17, 15) is 23.1 Å². The molecule has 1 aromatic heterocycles. The Morgan fingerprint density at radius 2 is 2.00 bits per heavy atom. The third-order valence-electron chi connectivity index (χ3n) is 3.11. The Morgan fingerprint density at radius 1 is 1.35 bits per heavy atom. The first-order valence-electron chi connectivity index (χ1n) is 5.68. The lowest BCUT2D eigenvalue weighted by Crippen LogP contribution is -2.16. The molecule has 0 radical (unpaired) electrons. The summed E-state index contributed by atoms with van der Waals surface area (Å²) in [6.45, 7) is 0. The molecule has 0 amide bonds. The number of carbonyl (C=O) groups excluding carboxylic acids is 1. The van der Waals surface area contributed by atoms with E-state index in [1.165, 1.54) is 23.7 Å². The van der Waals surface area contributed by atoms with Crippen molar-refractivity contribution in [1.29, 1.82) is 0 Å². The number of methoxy groups -OCH3 is 1. The molecule has 1 unspecified atom stereocenters. The van der Waals surface area contributed by atoms with E-state index in [1.54, 1.807) is 0 Å². The summed E-state index contributed by atoms with van der Waals surface area (Å²) in [6, 6.07) is 4.68. The average molecular weight is 287 g/mol. The van der Waals surface area contributed by atoms with Gasteiger partial charge in [0.1, 0.15) is 0 Å². The van der Waals surface area contributed by atoms with Crippen molar-refractivity contribution in [3.05, 3.63) is 35.5 Å². The van der Waals surface area contributed by atoms with Crippen LogP contribution in [0.4, 0.5) is 13.2 Å². The second-order valence-electron chi connectivity index (χ2n) is 4.33. The number of aliphatic hydroxyl groups excluding tert-OH is 1. The molecule has 0 spiro atoms. The van der Waals surface area contributed by atoms with Crippen molar-refractivity contribution in [2.45, 2.75) is 12.3 Å². The molecule has 0 aliphatic carbocycles. The number of rotatable bonds is 2. The van der Waals surface area contributed by atoms with Crippen LogP contribution in [-0.2, 0) is 22.8 Å². The van der Waals surface area contributed by atoms with Crippen molar-refractivity contribution < 1.29 is 27.8 Å². The molecule has 1 N–H and O–H groups in total. The normalized spacial score (nSPS) is 13.5.